The number of phenolic OH excluding ortho intramolecular Hbond substituents is 1. The number of benzene rings is 2. The van der Waals surface area contributed by atoms with Crippen LogP contribution in [0.2, 0.25) is 0 Å². The van der Waals surface area contributed by atoms with E-state index in [0.717, 1.165) is 18.5 Å². The number of rotatable bonds is 3. The van der Waals surface area contributed by atoms with E-state index < -0.39 is 0 Å². The zero-order chi connectivity index (χ0) is 12.5. The molecule has 0 amide bonds. The third kappa shape index (κ3) is 1.65. The normalized spacial score (nSPS) is 11.4. The van der Waals surface area contributed by atoms with Gasteiger partial charge < -0.3 is 9.67 Å². The average Bonchev–Trinajstić information content (AvgIpc) is 2.70. The van der Waals surface area contributed by atoms with Crippen LogP contribution in [0, 0.1) is 0 Å². The predicted octanol–water partition coefficient (Wildman–Crippen LogP) is 4.30. The molecule has 2 nitrogen and oxygen atoms in total. The molecule has 0 radical (unpaired) electrons. The van der Waals surface area contributed by atoms with Gasteiger partial charge in [0.05, 0.1) is 5.52 Å². The molecule has 1 N–H and O–H groups in total. The molecule has 0 saturated carbocycles. The van der Waals surface area contributed by atoms with E-state index in [9.17, 15) is 5.11 Å². The molecule has 18 heavy (non-hydrogen) atoms. The summed E-state index contributed by atoms with van der Waals surface area (Å²) < 4.78 is 2.31. The molecular formula is C16H17NO. The molecule has 3 aromatic rings. The van der Waals surface area contributed by atoms with Crippen molar-refractivity contribution < 1.29 is 5.11 Å². The summed E-state index contributed by atoms with van der Waals surface area (Å²) >= 11 is 0. The van der Waals surface area contributed by atoms with Gasteiger partial charge in [0, 0.05) is 28.9 Å². The maximum Gasteiger partial charge on any atom is 0.117 e. The van der Waals surface area contributed by atoms with Crippen molar-refractivity contribution in [3.05, 3.63) is 42.5 Å². The molecule has 2 heteroatoms. The Labute approximate surface area is 106 Å². The lowest BCUT2D eigenvalue weighted by Gasteiger charge is -2.06. The lowest BCUT2D eigenvalue weighted by atomic mass is 10.1. The number of hydrogen-bond acceptors (Lipinski definition) is 1. The minimum Gasteiger partial charge on any atom is -0.508 e. The topological polar surface area (TPSA) is 25.2 Å². The zero-order valence-electron chi connectivity index (χ0n) is 10.6. The van der Waals surface area contributed by atoms with Gasteiger partial charge in [0.2, 0.25) is 0 Å². The summed E-state index contributed by atoms with van der Waals surface area (Å²) in [4.78, 5) is 0. The van der Waals surface area contributed by atoms with Gasteiger partial charge in [-0.05, 0) is 24.6 Å². The number of aryl methyl sites for hydroxylation is 1. The molecular weight excluding hydrogens is 222 g/mol. The number of unbranched alkanes of at least 4 members (excludes halogenated alkanes) is 1. The molecule has 0 bridgehead atoms. The molecule has 0 unspecified atom stereocenters. The largest absolute Gasteiger partial charge is 0.508 e. The van der Waals surface area contributed by atoms with E-state index in [1.54, 1.807) is 6.07 Å². The van der Waals surface area contributed by atoms with Crippen LogP contribution in [0.15, 0.2) is 42.5 Å². The molecule has 3 rings (SSSR count). The summed E-state index contributed by atoms with van der Waals surface area (Å²) in [7, 11) is 0. The first-order valence-electron chi connectivity index (χ1n) is 6.51. The number of hydrogen-bond donors (Lipinski definition) is 1. The van der Waals surface area contributed by atoms with Gasteiger partial charge in [0.1, 0.15) is 5.75 Å². The average molecular weight is 239 g/mol. The molecule has 1 heterocycles. The van der Waals surface area contributed by atoms with Crippen LogP contribution in [-0.4, -0.2) is 9.67 Å². The summed E-state index contributed by atoms with van der Waals surface area (Å²) in [6.07, 6.45) is 2.33. The first-order chi connectivity index (χ1) is 8.81. The van der Waals surface area contributed by atoms with Gasteiger partial charge in [-0.1, -0.05) is 31.5 Å². The van der Waals surface area contributed by atoms with Crippen molar-refractivity contribution in [3.8, 4) is 5.75 Å². The van der Waals surface area contributed by atoms with Crippen LogP contribution in [0.4, 0.5) is 0 Å². The summed E-state index contributed by atoms with van der Waals surface area (Å²) in [5, 5.41) is 12.2. The molecule has 0 aliphatic heterocycles. The van der Waals surface area contributed by atoms with Gasteiger partial charge >= 0.3 is 0 Å². The second-order valence-electron chi connectivity index (χ2n) is 4.72. The van der Waals surface area contributed by atoms with Crippen LogP contribution in [0.25, 0.3) is 21.8 Å². The SMILES string of the molecule is CCCCn1c2ccccc2c2ccc(O)cc21. The minimum absolute atomic E-state index is 0.336. The lowest BCUT2D eigenvalue weighted by Crippen LogP contribution is -1.96. The lowest BCUT2D eigenvalue weighted by molar-refractivity contribution is 0.476. The van der Waals surface area contributed by atoms with Gasteiger partial charge in [-0.15, -0.1) is 0 Å². The zero-order valence-corrected chi connectivity index (χ0v) is 10.6. The molecule has 0 aliphatic rings. The van der Waals surface area contributed by atoms with Crippen LogP contribution in [0.1, 0.15) is 19.8 Å². The molecule has 0 atom stereocenters. The Balaban J connectivity index is 2.35. The Morgan fingerprint density at radius 3 is 2.61 bits per heavy atom. The maximum atomic E-state index is 9.69. The van der Waals surface area contributed by atoms with E-state index in [0.29, 0.717) is 5.75 Å². The number of phenols is 1. The summed E-state index contributed by atoms with van der Waals surface area (Å²) in [5.41, 5.74) is 2.39. The van der Waals surface area contributed by atoms with Crippen LogP contribution in [0.3, 0.4) is 0 Å². The Kier molecular flexibility index (Phi) is 2.71. The standard InChI is InChI=1S/C16H17NO/c1-2-3-10-17-15-7-5-4-6-13(15)14-9-8-12(18)11-16(14)17/h4-9,11,18H,2-3,10H2,1H3. The molecule has 0 aliphatic carbocycles. The Morgan fingerprint density at radius 2 is 1.78 bits per heavy atom. The van der Waals surface area contributed by atoms with E-state index in [1.165, 1.54) is 22.7 Å². The number of aromatic nitrogens is 1. The minimum atomic E-state index is 0.336. The molecule has 0 spiro atoms. The van der Waals surface area contributed by atoms with E-state index >= 15 is 0 Å². The summed E-state index contributed by atoms with van der Waals surface area (Å²) in [5.74, 6) is 0.336. The van der Waals surface area contributed by atoms with E-state index in [4.69, 9.17) is 0 Å². The maximum absolute atomic E-state index is 9.69. The molecule has 0 saturated heterocycles. The van der Waals surface area contributed by atoms with E-state index in [1.807, 2.05) is 12.1 Å². The predicted molar refractivity (Wildman–Crippen MR) is 76.0 cm³/mol. The number of nitrogens with zero attached hydrogens (tertiary/aromatic N) is 1. The first kappa shape index (κ1) is 11.1. The van der Waals surface area contributed by atoms with Crippen molar-refractivity contribution in [1.29, 1.82) is 0 Å². The Bertz CT molecular complexity index is 697. The van der Waals surface area contributed by atoms with Crippen molar-refractivity contribution in [3.63, 3.8) is 0 Å². The van der Waals surface area contributed by atoms with Crippen molar-refractivity contribution in [2.24, 2.45) is 0 Å². The first-order valence-corrected chi connectivity index (χ1v) is 6.51. The molecule has 1 aromatic heterocycles. The molecule has 2 aromatic carbocycles. The Hall–Kier alpha value is -1.96. The van der Waals surface area contributed by atoms with Crippen molar-refractivity contribution in [1.82, 2.24) is 4.57 Å². The van der Waals surface area contributed by atoms with E-state index in [-0.39, 0.29) is 0 Å². The number of para-hydroxylation sites is 1. The quantitative estimate of drug-likeness (QED) is 0.724. The highest BCUT2D eigenvalue weighted by Crippen LogP contribution is 2.31. The number of aromatic hydroxyl groups is 1. The van der Waals surface area contributed by atoms with Gasteiger partial charge in [0.25, 0.3) is 0 Å². The van der Waals surface area contributed by atoms with Crippen LogP contribution in [-0.2, 0) is 6.54 Å². The van der Waals surface area contributed by atoms with Crippen molar-refractivity contribution >= 4 is 21.8 Å². The van der Waals surface area contributed by atoms with Gasteiger partial charge in [-0.3, -0.25) is 0 Å². The van der Waals surface area contributed by atoms with E-state index in [2.05, 4.69) is 35.8 Å². The molecule has 0 fully saturated rings. The second-order valence-corrected chi connectivity index (χ2v) is 4.72. The van der Waals surface area contributed by atoms with Crippen LogP contribution < -0.4 is 0 Å². The fourth-order valence-electron chi connectivity index (χ4n) is 2.59. The monoisotopic (exact) mass is 239 g/mol. The fraction of sp³-hybridized carbons (Fsp3) is 0.250. The number of fused-ring (bicyclic) bond motifs is 3. The van der Waals surface area contributed by atoms with Gasteiger partial charge in [0.15, 0.2) is 0 Å². The third-order valence-electron chi connectivity index (χ3n) is 3.49. The molecule has 92 valence electrons. The van der Waals surface area contributed by atoms with Gasteiger partial charge in [-0.2, -0.15) is 0 Å². The van der Waals surface area contributed by atoms with Crippen molar-refractivity contribution in [2.75, 3.05) is 0 Å². The highest BCUT2D eigenvalue weighted by atomic mass is 16.3. The van der Waals surface area contributed by atoms with Crippen molar-refractivity contribution in [2.45, 2.75) is 26.3 Å². The fourth-order valence-corrected chi connectivity index (χ4v) is 2.59. The van der Waals surface area contributed by atoms with Gasteiger partial charge in [-0.25, -0.2) is 0 Å². The summed E-state index contributed by atoms with van der Waals surface area (Å²) in [6.45, 7) is 3.20. The summed E-state index contributed by atoms with van der Waals surface area (Å²) in [6, 6.07) is 14.1. The second kappa shape index (κ2) is 4.37. The van der Waals surface area contributed by atoms with Crippen LogP contribution >= 0.6 is 0 Å². The highest BCUT2D eigenvalue weighted by molar-refractivity contribution is 6.08. The smallest absolute Gasteiger partial charge is 0.117 e. The Morgan fingerprint density at radius 1 is 1.00 bits per heavy atom. The van der Waals surface area contributed by atoms with Crippen LogP contribution in [0.5, 0.6) is 5.75 Å². The highest BCUT2D eigenvalue weighted by Gasteiger charge is 2.09. The third-order valence-corrected chi connectivity index (χ3v) is 3.49.